The molecule has 0 fully saturated rings. The Kier molecular flexibility index (Phi) is 5.83. The Balaban J connectivity index is 2.04. The highest BCUT2D eigenvalue weighted by Crippen LogP contribution is 2.21. The van der Waals surface area contributed by atoms with Crippen molar-refractivity contribution in [1.29, 1.82) is 0 Å². The first-order valence-corrected chi connectivity index (χ1v) is 8.02. The number of aryl methyl sites for hydroxylation is 1. The van der Waals surface area contributed by atoms with Gasteiger partial charge in [0, 0.05) is 6.54 Å². The van der Waals surface area contributed by atoms with Gasteiger partial charge in [0.1, 0.15) is 5.25 Å². The number of rotatable bonds is 7. The van der Waals surface area contributed by atoms with E-state index in [0.717, 1.165) is 12.0 Å². The molecule has 0 spiro atoms. The third kappa shape index (κ3) is 4.24. The smallest absolute Gasteiger partial charge is 0.343 e. The van der Waals surface area contributed by atoms with Crippen LogP contribution in [0.5, 0.6) is 0 Å². The molecule has 0 unspecified atom stereocenters. The van der Waals surface area contributed by atoms with Crippen LogP contribution >= 0.6 is 11.8 Å². The first-order chi connectivity index (χ1) is 10.6. The van der Waals surface area contributed by atoms with Crippen molar-refractivity contribution in [2.24, 2.45) is 0 Å². The van der Waals surface area contributed by atoms with Gasteiger partial charge in [0.25, 0.3) is 0 Å². The minimum Gasteiger partial charge on any atom is -0.465 e. The van der Waals surface area contributed by atoms with Gasteiger partial charge in [0.2, 0.25) is 0 Å². The van der Waals surface area contributed by atoms with Crippen LogP contribution in [0.25, 0.3) is 0 Å². The lowest BCUT2D eigenvalue weighted by molar-refractivity contribution is -0.142. The van der Waals surface area contributed by atoms with Crippen molar-refractivity contribution in [3.8, 4) is 0 Å². The summed E-state index contributed by atoms with van der Waals surface area (Å²) in [7, 11) is 0. The van der Waals surface area contributed by atoms with Gasteiger partial charge in [-0.1, -0.05) is 42.1 Å². The summed E-state index contributed by atoms with van der Waals surface area (Å²) in [5.41, 5.74) is 0.875. The van der Waals surface area contributed by atoms with E-state index in [1.54, 1.807) is 18.4 Å². The number of aromatic amines is 1. The molecule has 1 aromatic heterocycles. The first-order valence-electron chi connectivity index (χ1n) is 7.14. The molecule has 1 N–H and O–H groups in total. The highest BCUT2D eigenvalue weighted by atomic mass is 32.2. The summed E-state index contributed by atoms with van der Waals surface area (Å²) in [6, 6.07) is 9.91. The fourth-order valence-corrected chi connectivity index (χ4v) is 2.82. The Hall–Kier alpha value is -2.02. The summed E-state index contributed by atoms with van der Waals surface area (Å²) in [6.07, 6.45) is 0.724. The number of aromatic nitrogens is 3. The summed E-state index contributed by atoms with van der Waals surface area (Å²) in [5.74, 6) is -0.308. The largest absolute Gasteiger partial charge is 0.465 e. The Morgan fingerprint density at radius 2 is 2.14 bits per heavy atom. The zero-order valence-corrected chi connectivity index (χ0v) is 13.4. The average Bonchev–Trinajstić information content (AvgIpc) is 2.86. The summed E-state index contributed by atoms with van der Waals surface area (Å²) < 4.78 is 6.52. The lowest BCUT2D eigenvalue weighted by atomic mass is 10.1. The second-order valence-corrected chi connectivity index (χ2v) is 6.02. The molecule has 0 saturated heterocycles. The number of ether oxygens (including phenoxy) is 1. The van der Waals surface area contributed by atoms with E-state index in [0.29, 0.717) is 18.3 Å². The molecule has 118 valence electrons. The normalized spacial score (nSPS) is 12.1. The number of carbonyl (C=O) groups excluding carboxylic acids is 1. The van der Waals surface area contributed by atoms with Gasteiger partial charge < -0.3 is 4.74 Å². The molecule has 1 heterocycles. The van der Waals surface area contributed by atoms with Crippen LogP contribution in [0.3, 0.4) is 0 Å². The molecule has 2 rings (SSSR count). The van der Waals surface area contributed by atoms with E-state index in [4.69, 9.17) is 4.74 Å². The lowest BCUT2D eigenvalue weighted by Gasteiger charge is -2.10. The van der Waals surface area contributed by atoms with E-state index in [-0.39, 0.29) is 11.7 Å². The average molecular weight is 321 g/mol. The number of hydrogen-bond acceptors (Lipinski definition) is 5. The minimum absolute atomic E-state index is 0.269. The summed E-state index contributed by atoms with van der Waals surface area (Å²) in [5, 5.41) is 6.52. The van der Waals surface area contributed by atoms with Gasteiger partial charge in [-0.3, -0.25) is 9.36 Å². The number of carbonyl (C=O) groups is 1. The number of nitrogens with zero attached hydrogens (tertiary/aromatic N) is 2. The molecule has 0 saturated carbocycles. The van der Waals surface area contributed by atoms with E-state index in [9.17, 15) is 9.59 Å². The Morgan fingerprint density at radius 1 is 1.41 bits per heavy atom. The number of H-pyrrole nitrogens is 1. The van der Waals surface area contributed by atoms with Crippen LogP contribution in [0.2, 0.25) is 0 Å². The van der Waals surface area contributed by atoms with Gasteiger partial charge in [-0.25, -0.2) is 9.89 Å². The zero-order chi connectivity index (χ0) is 15.9. The molecule has 1 atom stereocenters. The monoisotopic (exact) mass is 321 g/mol. The van der Waals surface area contributed by atoms with Crippen LogP contribution in [-0.4, -0.2) is 32.6 Å². The van der Waals surface area contributed by atoms with E-state index in [1.807, 2.05) is 30.3 Å². The van der Waals surface area contributed by atoms with E-state index in [2.05, 4.69) is 10.2 Å². The molecule has 0 aliphatic carbocycles. The Bertz CT molecular complexity index is 666. The van der Waals surface area contributed by atoms with Crippen LogP contribution in [-0.2, 0) is 22.5 Å². The highest BCUT2D eigenvalue weighted by molar-refractivity contribution is 8.00. The van der Waals surface area contributed by atoms with Crippen LogP contribution in [0.1, 0.15) is 19.4 Å². The molecule has 0 aliphatic rings. The molecular weight excluding hydrogens is 302 g/mol. The standard InChI is InChI=1S/C15H19N3O3S/c1-3-21-13(19)11(2)22-15-17-16-14(20)18(15)10-9-12-7-5-4-6-8-12/h4-8,11H,3,9-10H2,1-2H3,(H,16,20)/t11-/m0/s1. The third-order valence-electron chi connectivity index (χ3n) is 3.09. The molecule has 0 amide bonds. The van der Waals surface area contributed by atoms with E-state index >= 15 is 0 Å². The lowest BCUT2D eigenvalue weighted by Crippen LogP contribution is -2.21. The van der Waals surface area contributed by atoms with Gasteiger partial charge in [0.15, 0.2) is 5.16 Å². The Labute approximate surface area is 132 Å². The maximum atomic E-state index is 11.9. The summed E-state index contributed by atoms with van der Waals surface area (Å²) in [4.78, 5) is 23.5. The fraction of sp³-hybridized carbons (Fsp3) is 0.400. The number of benzene rings is 1. The van der Waals surface area contributed by atoms with Crippen LogP contribution in [0.4, 0.5) is 0 Å². The highest BCUT2D eigenvalue weighted by Gasteiger charge is 2.19. The second kappa shape index (κ2) is 7.84. The molecule has 0 aliphatic heterocycles. The summed E-state index contributed by atoms with van der Waals surface area (Å²) >= 11 is 1.22. The van der Waals surface area contributed by atoms with Crippen LogP contribution in [0.15, 0.2) is 40.3 Å². The molecule has 1 aromatic carbocycles. The number of thioether (sulfide) groups is 1. The quantitative estimate of drug-likeness (QED) is 0.622. The molecular formula is C15H19N3O3S. The second-order valence-electron chi connectivity index (χ2n) is 4.71. The fourth-order valence-electron chi connectivity index (χ4n) is 1.94. The van der Waals surface area contributed by atoms with Crippen molar-refractivity contribution in [3.05, 3.63) is 46.4 Å². The predicted molar refractivity (Wildman–Crippen MR) is 84.9 cm³/mol. The van der Waals surface area contributed by atoms with Crippen molar-refractivity contribution in [2.75, 3.05) is 6.61 Å². The molecule has 0 bridgehead atoms. The number of hydrogen-bond donors (Lipinski definition) is 1. The third-order valence-corrected chi connectivity index (χ3v) is 4.16. The summed E-state index contributed by atoms with van der Waals surface area (Å²) in [6.45, 7) is 4.35. The first kappa shape index (κ1) is 16.4. The van der Waals surface area contributed by atoms with Crippen molar-refractivity contribution in [3.63, 3.8) is 0 Å². The van der Waals surface area contributed by atoms with E-state index < -0.39 is 5.25 Å². The molecule has 2 aromatic rings. The van der Waals surface area contributed by atoms with Crippen molar-refractivity contribution in [2.45, 2.75) is 37.2 Å². The van der Waals surface area contributed by atoms with Crippen LogP contribution < -0.4 is 5.69 Å². The SMILES string of the molecule is CCOC(=O)[C@H](C)Sc1n[nH]c(=O)n1CCc1ccccc1. The molecule has 7 heteroatoms. The van der Waals surface area contributed by atoms with Crippen molar-refractivity contribution < 1.29 is 9.53 Å². The van der Waals surface area contributed by atoms with E-state index in [1.165, 1.54) is 11.8 Å². The number of nitrogens with one attached hydrogen (secondary N) is 1. The molecule has 22 heavy (non-hydrogen) atoms. The van der Waals surface area contributed by atoms with Gasteiger partial charge in [-0.15, -0.1) is 5.10 Å². The molecule has 0 radical (unpaired) electrons. The van der Waals surface area contributed by atoms with Gasteiger partial charge in [0.05, 0.1) is 6.61 Å². The molecule has 6 nitrogen and oxygen atoms in total. The van der Waals surface area contributed by atoms with Gasteiger partial charge in [-0.05, 0) is 25.8 Å². The topological polar surface area (TPSA) is 77.0 Å². The number of esters is 1. The van der Waals surface area contributed by atoms with Gasteiger partial charge >= 0.3 is 11.7 Å². The maximum absolute atomic E-state index is 11.9. The zero-order valence-electron chi connectivity index (χ0n) is 12.6. The maximum Gasteiger partial charge on any atom is 0.343 e. The Morgan fingerprint density at radius 3 is 2.82 bits per heavy atom. The van der Waals surface area contributed by atoms with Crippen molar-refractivity contribution >= 4 is 17.7 Å². The predicted octanol–water partition coefficient (Wildman–Crippen LogP) is 1.86. The van der Waals surface area contributed by atoms with Crippen molar-refractivity contribution in [1.82, 2.24) is 14.8 Å². The van der Waals surface area contributed by atoms with Crippen LogP contribution in [0, 0.1) is 0 Å². The minimum atomic E-state index is -0.411. The van der Waals surface area contributed by atoms with Gasteiger partial charge in [-0.2, -0.15) is 0 Å².